The van der Waals surface area contributed by atoms with Crippen molar-refractivity contribution < 1.29 is 22.7 Å². The van der Waals surface area contributed by atoms with Crippen molar-refractivity contribution >= 4 is 17.2 Å². The van der Waals surface area contributed by atoms with E-state index in [-0.39, 0.29) is 30.3 Å². The summed E-state index contributed by atoms with van der Waals surface area (Å²) in [5, 5.41) is 2.94. The highest BCUT2D eigenvalue weighted by molar-refractivity contribution is 7.09. The largest absolute Gasteiger partial charge is 0.573 e. The molecule has 0 saturated heterocycles. The van der Waals surface area contributed by atoms with Crippen LogP contribution >= 0.6 is 11.3 Å². The van der Waals surface area contributed by atoms with Gasteiger partial charge in [-0.15, -0.1) is 24.5 Å². The molecule has 1 aromatic carbocycles. The van der Waals surface area contributed by atoms with E-state index in [0.717, 1.165) is 27.7 Å². The topological polar surface area (TPSA) is 47.4 Å². The van der Waals surface area contributed by atoms with Gasteiger partial charge in [0, 0.05) is 41.5 Å². The number of carbonyl (C=O) groups excluding carboxylic acids is 1. The number of amides is 1. The summed E-state index contributed by atoms with van der Waals surface area (Å²) in [4.78, 5) is 18.7. The van der Waals surface area contributed by atoms with E-state index in [0.29, 0.717) is 0 Å². The molecule has 9 heteroatoms. The Morgan fingerprint density at radius 1 is 1.23 bits per heavy atom. The maximum absolute atomic E-state index is 12.8. The summed E-state index contributed by atoms with van der Waals surface area (Å²) in [5.41, 5.74) is 3.95. The Kier molecular flexibility index (Phi) is 6.21. The van der Waals surface area contributed by atoms with Crippen LogP contribution in [0, 0.1) is 20.8 Å². The van der Waals surface area contributed by atoms with Gasteiger partial charge in [0.2, 0.25) is 5.91 Å². The molecule has 0 atom stereocenters. The number of para-hydroxylation sites is 1. The Morgan fingerprint density at radius 2 is 1.93 bits per heavy atom. The smallest absolute Gasteiger partial charge is 0.405 e. The van der Waals surface area contributed by atoms with E-state index in [4.69, 9.17) is 0 Å². The van der Waals surface area contributed by atoms with Crippen molar-refractivity contribution in [1.29, 1.82) is 0 Å². The van der Waals surface area contributed by atoms with Crippen molar-refractivity contribution in [1.82, 2.24) is 14.5 Å². The number of nitrogens with zero attached hydrogens (tertiary/aromatic N) is 3. The normalized spacial score (nSPS) is 11.6. The van der Waals surface area contributed by atoms with E-state index >= 15 is 0 Å². The second-order valence-corrected chi connectivity index (χ2v) is 8.09. The van der Waals surface area contributed by atoms with Crippen molar-refractivity contribution in [3.8, 4) is 17.0 Å². The third-order valence-electron chi connectivity index (χ3n) is 4.79. The van der Waals surface area contributed by atoms with Crippen LogP contribution in [-0.2, 0) is 17.9 Å². The maximum atomic E-state index is 12.8. The van der Waals surface area contributed by atoms with Crippen LogP contribution in [0.2, 0.25) is 0 Å². The predicted octanol–water partition coefficient (Wildman–Crippen LogP) is 5.09. The zero-order valence-corrected chi connectivity index (χ0v) is 17.9. The van der Waals surface area contributed by atoms with Gasteiger partial charge in [-0.25, -0.2) is 4.98 Å². The summed E-state index contributed by atoms with van der Waals surface area (Å²) < 4.78 is 43.8. The molecule has 0 radical (unpaired) electrons. The lowest BCUT2D eigenvalue weighted by Crippen LogP contribution is -2.30. The van der Waals surface area contributed by atoms with Crippen molar-refractivity contribution in [3.05, 3.63) is 57.7 Å². The number of carbonyl (C=O) groups is 1. The Bertz CT molecular complexity index is 1060. The molecule has 0 spiro atoms. The molecule has 3 rings (SSSR count). The molecule has 0 unspecified atom stereocenters. The minimum atomic E-state index is -4.79. The molecule has 3 aromatic rings. The van der Waals surface area contributed by atoms with Crippen LogP contribution in [0.4, 0.5) is 13.2 Å². The van der Waals surface area contributed by atoms with Crippen LogP contribution in [-0.4, -0.2) is 33.8 Å². The Morgan fingerprint density at radius 3 is 2.57 bits per heavy atom. The highest BCUT2D eigenvalue weighted by Gasteiger charge is 2.32. The van der Waals surface area contributed by atoms with Crippen molar-refractivity contribution in [2.24, 2.45) is 0 Å². The molecule has 0 saturated carbocycles. The van der Waals surface area contributed by atoms with Gasteiger partial charge in [-0.05, 0) is 32.9 Å². The van der Waals surface area contributed by atoms with Crippen LogP contribution in [0.15, 0.2) is 35.7 Å². The minimum Gasteiger partial charge on any atom is -0.405 e. The summed E-state index contributed by atoms with van der Waals surface area (Å²) in [7, 11) is 1.56. The molecular formula is C21H22F3N3O2S. The first-order valence-electron chi connectivity index (χ1n) is 9.22. The number of thiazole rings is 1. The van der Waals surface area contributed by atoms with E-state index in [1.807, 2.05) is 36.8 Å². The van der Waals surface area contributed by atoms with Gasteiger partial charge in [0.05, 0.1) is 10.7 Å². The fraction of sp³-hybridized carbons (Fsp3) is 0.333. The number of aryl methyl sites for hydroxylation is 2. The standard InChI is InChI=1S/C21H22F3N3O2S/c1-13-9-17(18-12-30-15(3)25-18)14(2)27(13)11-20(28)26(4)10-16-7-5-6-8-19(16)29-21(22,23)24/h5-9,12H,10-11H2,1-4H3. The summed E-state index contributed by atoms with van der Waals surface area (Å²) in [6, 6.07) is 7.81. The Balaban J connectivity index is 1.75. The van der Waals surface area contributed by atoms with Gasteiger partial charge < -0.3 is 14.2 Å². The number of benzene rings is 1. The Labute approximate surface area is 176 Å². The van der Waals surface area contributed by atoms with E-state index in [2.05, 4.69) is 9.72 Å². The van der Waals surface area contributed by atoms with E-state index in [1.54, 1.807) is 24.5 Å². The van der Waals surface area contributed by atoms with Crippen LogP contribution in [0.5, 0.6) is 5.75 Å². The molecule has 0 aliphatic heterocycles. The molecule has 2 aromatic heterocycles. The van der Waals surface area contributed by atoms with Gasteiger partial charge in [0.1, 0.15) is 12.3 Å². The zero-order valence-electron chi connectivity index (χ0n) is 17.1. The SMILES string of the molecule is Cc1nc(-c2cc(C)n(CC(=O)N(C)Cc3ccccc3OC(F)(F)F)c2C)cs1. The molecule has 5 nitrogen and oxygen atoms in total. The molecule has 0 aliphatic carbocycles. The van der Waals surface area contributed by atoms with E-state index in [1.165, 1.54) is 23.1 Å². The molecule has 0 bridgehead atoms. The minimum absolute atomic E-state index is 0.00257. The van der Waals surface area contributed by atoms with Gasteiger partial charge in [0.15, 0.2) is 0 Å². The highest BCUT2D eigenvalue weighted by Crippen LogP contribution is 2.29. The zero-order chi connectivity index (χ0) is 22.1. The molecule has 2 heterocycles. The molecule has 30 heavy (non-hydrogen) atoms. The number of hydrogen-bond donors (Lipinski definition) is 0. The molecule has 0 aliphatic rings. The number of hydrogen-bond acceptors (Lipinski definition) is 4. The maximum Gasteiger partial charge on any atom is 0.573 e. The first-order valence-corrected chi connectivity index (χ1v) is 10.1. The first-order chi connectivity index (χ1) is 14.0. The van der Waals surface area contributed by atoms with Gasteiger partial charge in [-0.3, -0.25) is 4.79 Å². The highest BCUT2D eigenvalue weighted by atomic mass is 32.1. The fourth-order valence-corrected chi connectivity index (χ4v) is 3.86. The lowest BCUT2D eigenvalue weighted by molar-refractivity contribution is -0.275. The van der Waals surface area contributed by atoms with Crippen molar-refractivity contribution in [2.45, 2.75) is 40.2 Å². The summed E-state index contributed by atoms with van der Waals surface area (Å²) >= 11 is 1.56. The fourth-order valence-electron chi connectivity index (χ4n) is 3.25. The average Bonchev–Trinajstić information content (AvgIpc) is 3.20. The number of likely N-dealkylation sites (N-methyl/N-ethyl adjacent to an activating group) is 1. The van der Waals surface area contributed by atoms with Gasteiger partial charge >= 0.3 is 6.36 Å². The molecule has 0 fully saturated rings. The number of rotatable bonds is 6. The van der Waals surface area contributed by atoms with Gasteiger partial charge in [-0.2, -0.15) is 0 Å². The van der Waals surface area contributed by atoms with Crippen molar-refractivity contribution in [2.75, 3.05) is 7.05 Å². The number of halogens is 3. The molecular weight excluding hydrogens is 415 g/mol. The van der Waals surface area contributed by atoms with Gasteiger partial charge in [0.25, 0.3) is 0 Å². The van der Waals surface area contributed by atoms with E-state index < -0.39 is 6.36 Å². The number of alkyl halides is 3. The number of aromatic nitrogens is 2. The second-order valence-electron chi connectivity index (χ2n) is 7.03. The van der Waals surface area contributed by atoms with Crippen LogP contribution in [0.1, 0.15) is 22.0 Å². The summed E-state index contributed by atoms with van der Waals surface area (Å²) in [5.74, 6) is -0.529. The average molecular weight is 437 g/mol. The molecule has 0 N–H and O–H groups in total. The summed E-state index contributed by atoms with van der Waals surface area (Å²) in [6.07, 6.45) is -4.79. The molecule has 160 valence electrons. The summed E-state index contributed by atoms with van der Waals surface area (Å²) in [6.45, 7) is 5.86. The van der Waals surface area contributed by atoms with Gasteiger partial charge in [-0.1, -0.05) is 18.2 Å². The van der Waals surface area contributed by atoms with Crippen molar-refractivity contribution in [3.63, 3.8) is 0 Å². The quantitative estimate of drug-likeness (QED) is 0.539. The van der Waals surface area contributed by atoms with Crippen LogP contribution in [0.3, 0.4) is 0 Å². The lowest BCUT2D eigenvalue weighted by atomic mass is 10.2. The predicted molar refractivity (Wildman–Crippen MR) is 109 cm³/mol. The van der Waals surface area contributed by atoms with Crippen LogP contribution in [0.25, 0.3) is 11.3 Å². The van der Waals surface area contributed by atoms with E-state index in [9.17, 15) is 18.0 Å². The second kappa shape index (κ2) is 8.51. The first kappa shape index (κ1) is 21.9. The third-order valence-corrected chi connectivity index (χ3v) is 5.57. The monoisotopic (exact) mass is 437 g/mol. The van der Waals surface area contributed by atoms with Crippen LogP contribution < -0.4 is 4.74 Å². The Hall–Kier alpha value is -2.81. The third kappa shape index (κ3) is 5.02. The lowest BCUT2D eigenvalue weighted by Gasteiger charge is -2.21. The molecule has 1 amide bonds. The number of ether oxygens (including phenoxy) is 1.